The lowest BCUT2D eigenvalue weighted by Gasteiger charge is -2.05. The fourth-order valence-electron chi connectivity index (χ4n) is 2.44. The van der Waals surface area contributed by atoms with E-state index in [9.17, 15) is 4.79 Å². The lowest BCUT2D eigenvalue weighted by molar-refractivity contribution is 0.0950. The Morgan fingerprint density at radius 1 is 1.04 bits per heavy atom. The van der Waals surface area contributed by atoms with Gasteiger partial charge in [0.1, 0.15) is 5.52 Å². The summed E-state index contributed by atoms with van der Waals surface area (Å²) in [5.41, 5.74) is 3.63. The summed E-state index contributed by atoms with van der Waals surface area (Å²) in [6.45, 7) is 0.434. The summed E-state index contributed by atoms with van der Waals surface area (Å²) in [6.07, 6.45) is 4.85. The van der Waals surface area contributed by atoms with Crippen LogP contribution in [0.25, 0.3) is 22.7 Å². The smallest absolute Gasteiger partial charge is 0.253 e. The third-order valence-electron chi connectivity index (χ3n) is 3.74. The van der Waals surface area contributed by atoms with E-state index < -0.39 is 0 Å². The summed E-state index contributed by atoms with van der Waals surface area (Å²) in [4.78, 5) is 24.5. The van der Waals surface area contributed by atoms with Crippen molar-refractivity contribution in [3.8, 4) is 11.5 Å². The number of carbonyl (C=O) groups is 1. The van der Waals surface area contributed by atoms with E-state index in [1.54, 1.807) is 30.7 Å². The number of oxazole rings is 1. The Hall–Kier alpha value is -3.54. The third kappa shape index (κ3) is 3.23. The van der Waals surface area contributed by atoms with Gasteiger partial charge in [-0.1, -0.05) is 12.1 Å². The molecule has 1 amide bonds. The van der Waals surface area contributed by atoms with Crippen molar-refractivity contribution in [1.82, 2.24) is 20.3 Å². The molecule has 4 aromatic rings. The average molecular weight is 330 g/mol. The Morgan fingerprint density at radius 3 is 2.64 bits per heavy atom. The van der Waals surface area contributed by atoms with Crippen LogP contribution in [0.1, 0.15) is 15.9 Å². The first-order valence-electron chi connectivity index (χ1n) is 7.79. The summed E-state index contributed by atoms with van der Waals surface area (Å²) in [5, 5.41) is 2.87. The van der Waals surface area contributed by atoms with E-state index in [-0.39, 0.29) is 5.91 Å². The second-order valence-corrected chi connectivity index (χ2v) is 5.47. The van der Waals surface area contributed by atoms with Gasteiger partial charge in [0.25, 0.3) is 5.91 Å². The Morgan fingerprint density at radius 2 is 1.88 bits per heavy atom. The minimum absolute atomic E-state index is 0.151. The van der Waals surface area contributed by atoms with Crippen molar-refractivity contribution >= 4 is 17.1 Å². The largest absolute Gasteiger partial charge is 0.418 e. The van der Waals surface area contributed by atoms with Crippen LogP contribution in [0.4, 0.5) is 0 Å². The molecule has 0 unspecified atom stereocenters. The zero-order valence-corrected chi connectivity index (χ0v) is 13.2. The van der Waals surface area contributed by atoms with Gasteiger partial charge in [-0.05, 0) is 42.0 Å². The number of pyridine rings is 2. The number of hydrogen-bond acceptors (Lipinski definition) is 5. The van der Waals surface area contributed by atoms with Crippen molar-refractivity contribution in [3.63, 3.8) is 0 Å². The van der Waals surface area contributed by atoms with Gasteiger partial charge in [0, 0.05) is 30.7 Å². The first kappa shape index (κ1) is 15.0. The van der Waals surface area contributed by atoms with Gasteiger partial charge < -0.3 is 9.73 Å². The van der Waals surface area contributed by atoms with Gasteiger partial charge in [0.05, 0.1) is 5.56 Å². The fourth-order valence-corrected chi connectivity index (χ4v) is 2.44. The van der Waals surface area contributed by atoms with E-state index >= 15 is 0 Å². The van der Waals surface area contributed by atoms with Gasteiger partial charge in [-0.25, -0.2) is 9.97 Å². The van der Waals surface area contributed by atoms with E-state index in [1.165, 1.54) is 0 Å². The molecule has 0 fully saturated rings. The molecule has 6 nitrogen and oxygen atoms in total. The van der Waals surface area contributed by atoms with Crippen molar-refractivity contribution in [2.24, 2.45) is 0 Å². The Labute approximate surface area is 143 Å². The Bertz CT molecular complexity index is 977. The lowest BCUT2D eigenvalue weighted by atomic mass is 10.1. The lowest BCUT2D eigenvalue weighted by Crippen LogP contribution is -2.22. The van der Waals surface area contributed by atoms with Crippen LogP contribution in [-0.4, -0.2) is 20.9 Å². The van der Waals surface area contributed by atoms with Crippen LogP contribution in [0.3, 0.4) is 0 Å². The van der Waals surface area contributed by atoms with Gasteiger partial charge in [-0.3, -0.25) is 9.78 Å². The highest BCUT2D eigenvalue weighted by molar-refractivity contribution is 5.93. The van der Waals surface area contributed by atoms with E-state index in [2.05, 4.69) is 20.3 Å². The first-order chi connectivity index (χ1) is 12.3. The molecule has 0 aliphatic rings. The molecule has 1 N–H and O–H groups in total. The van der Waals surface area contributed by atoms with Crippen LogP contribution in [0.15, 0.2) is 71.5 Å². The maximum absolute atomic E-state index is 12.0. The molecular formula is C19H14N4O2. The Kier molecular flexibility index (Phi) is 3.92. The summed E-state index contributed by atoms with van der Waals surface area (Å²) >= 11 is 0. The molecule has 0 saturated heterocycles. The summed E-state index contributed by atoms with van der Waals surface area (Å²) in [6, 6.07) is 14.8. The zero-order chi connectivity index (χ0) is 17.1. The molecule has 25 heavy (non-hydrogen) atoms. The number of carbonyl (C=O) groups excluding carboxylic acids is 1. The predicted molar refractivity (Wildman–Crippen MR) is 92.6 cm³/mol. The van der Waals surface area contributed by atoms with E-state index in [4.69, 9.17) is 4.42 Å². The summed E-state index contributed by atoms with van der Waals surface area (Å²) in [7, 11) is 0. The van der Waals surface area contributed by atoms with Crippen LogP contribution in [0.2, 0.25) is 0 Å². The normalized spacial score (nSPS) is 10.7. The van der Waals surface area contributed by atoms with Crippen molar-refractivity contribution in [2.45, 2.75) is 6.54 Å². The summed E-state index contributed by atoms with van der Waals surface area (Å²) < 4.78 is 5.65. The number of nitrogens with zero attached hydrogens (tertiary/aromatic N) is 3. The predicted octanol–water partition coefficient (Wildman–Crippen LogP) is 3.21. The van der Waals surface area contributed by atoms with E-state index in [1.807, 2.05) is 36.4 Å². The van der Waals surface area contributed by atoms with Crippen LogP contribution in [0.5, 0.6) is 0 Å². The topological polar surface area (TPSA) is 80.9 Å². The maximum atomic E-state index is 12.0. The molecule has 4 rings (SSSR count). The van der Waals surface area contributed by atoms with Gasteiger partial charge in [0.2, 0.25) is 11.6 Å². The molecule has 0 atom stereocenters. The molecule has 0 bridgehead atoms. The highest BCUT2D eigenvalue weighted by Gasteiger charge is 2.09. The molecular weight excluding hydrogens is 316 g/mol. The molecule has 0 aliphatic carbocycles. The monoisotopic (exact) mass is 330 g/mol. The fraction of sp³-hybridized carbons (Fsp3) is 0.0526. The zero-order valence-electron chi connectivity index (χ0n) is 13.2. The quantitative estimate of drug-likeness (QED) is 0.621. The number of fused-ring (bicyclic) bond motifs is 1. The Balaban J connectivity index is 1.46. The number of hydrogen-bond donors (Lipinski definition) is 1. The van der Waals surface area contributed by atoms with Gasteiger partial charge in [-0.15, -0.1) is 0 Å². The van der Waals surface area contributed by atoms with Gasteiger partial charge in [0.15, 0.2) is 0 Å². The molecule has 0 aliphatic heterocycles. The second kappa shape index (κ2) is 6.52. The molecule has 0 radical (unpaired) electrons. The highest BCUT2D eigenvalue weighted by atomic mass is 16.4. The van der Waals surface area contributed by atoms with Crippen LogP contribution >= 0.6 is 0 Å². The van der Waals surface area contributed by atoms with Crippen molar-refractivity contribution < 1.29 is 9.21 Å². The van der Waals surface area contributed by atoms with Crippen LogP contribution < -0.4 is 5.32 Å². The van der Waals surface area contributed by atoms with E-state index in [0.717, 1.165) is 16.6 Å². The molecule has 3 aromatic heterocycles. The van der Waals surface area contributed by atoms with Gasteiger partial charge in [-0.2, -0.15) is 0 Å². The van der Waals surface area contributed by atoms with Crippen molar-refractivity contribution in [2.75, 3.05) is 0 Å². The molecule has 3 heterocycles. The van der Waals surface area contributed by atoms with Crippen LogP contribution in [-0.2, 0) is 6.54 Å². The average Bonchev–Trinajstić information content (AvgIpc) is 3.11. The number of nitrogens with one attached hydrogen (secondary N) is 1. The number of amides is 1. The SMILES string of the molecule is O=C(NCc1ccc(-c2nc3cccnc3o2)cc1)c1cccnc1. The molecule has 1 aromatic carbocycles. The van der Waals surface area contributed by atoms with E-state index in [0.29, 0.717) is 23.7 Å². The first-order valence-corrected chi connectivity index (χ1v) is 7.79. The number of benzene rings is 1. The standard InChI is InChI=1S/C19H14N4O2/c24-17(15-3-1-9-20-12-15)22-11-13-5-7-14(8-6-13)18-23-16-4-2-10-21-19(16)25-18/h1-10,12H,11H2,(H,22,24). The van der Waals surface area contributed by atoms with Gasteiger partial charge >= 0.3 is 0 Å². The number of aromatic nitrogens is 3. The third-order valence-corrected chi connectivity index (χ3v) is 3.74. The maximum Gasteiger partial charge on any atom is 0.253 e. The number of rotatable bonds is 4. The minimum Gasteiger partial charge on any atom is -0.418 e. The van der Waals surface area contributed by atoms with Crippen LogP contribution in [0, 0.1) is 0 Å². The second-order valence-electron chi connectivity index (χ2n) is 5.47. The highest BCUT2D eigenvalue weighted by Crippen LogP contribution is 2.23. The molecule has 122 valence electrons. The van der Waals surface area contributed by atoms with Crippen molar-refractivity contribution in [1.29, 1.82) is 0 Å². The minimum atomic E-state index is -0.151. The molecule has 0 saturated carbocycles. The van der Waals surface area contributed by atoms with Crippen molar-refractivity contribution in [3.05, 3.63) is 78.2 Å². The molecule has 6 heteroatoms. The molecule has 0 spiro atoms. The summed E-state index contributed by atoms with van der Waals surface area (Å²) in [5.74, 6) is 0.377.